The second-order valence-electron chi connectivity index (χ2n) is 8.40. The largest absolute Gasteiger partial charge is 0.382 e. The minimum atomic E-state index is -0.175. The van der Waals surface area contributed by atoms with Gasteiger partial charge in [0.25, 0.3) is 0 Å². The second-order valence-corrected chi connectivity index (χ2v) is 8.40. The molecule has 0 aliphatic heterocycles. The van der Waals surface area contributed by atoms with Crippen molar-refractivity contribution in [2.75, 3.05) is 17.6 Å². The molecular formula is C26H32N6O. The van der Waals surface area contributed by atoms with Crippen LogP contribution >= 0.6 is 0 Å². The molecule has 7 nitrogen and oxygen atoms in total. The Hall–Kier alpha value is -3.61. The van der Waals surface area contributed by atoms with Crippen LogP contribution in [0.15, 0.2) is 48.5 Å². The summed E-state index contributed by atoms with van der Waals surface area (Å²) < 4.78 is 2.30. The molecule has 2 heterocycles. The van der Waals surface area contributed by atoms with Gasteiger partial charge in [0.2, 0.25) is 0 Å². The maximum atomic E-state index is 12.2. The molecule has 4 N–H and O–H groups in total. The summed E-state index contributed by atoms with van der Waals surface area (Å²) >= 11 is 0. The zero-order valence-corrected chi connectivity index (χ0v) is 19.4. The third kappa shape index (κ3) is 5.08. The van der Waals surface area contributed by atoms with Gasteiger partial charge in [-0.1, -0.05) is 49.7 Å². The zero-order valence-electron chi connectivity index (χ0n) is 19.4. The number of carbonyl (C=O) groups is 1. The number of nitrogen functional groups attached to an aromatic ring is 1. The van der Waals surface area contributed by atoms with Crippen LogP contribution in [0.3, 0.4) is 0 Å². The molecule has 0 radical (unpaired) electrons. The van der Waals surface area contributed by atoms with Crippen molar-refractivity contribution in [3.05, 3.63) is 59.9 Å². The Labute approximate surface area is 194 Å². The van der Waals surface area contributed by atoms with Gasteiger partial charge in [-0.3, -0.25) is 0 Å². The summed E-state index contributed by atoms with van der Waals surface area (Å²) in [4.78, 5) is 21.7. The number of amides is 2. The third-order valence-corrected chi connectivity index (χ3v) is 5.93. The van der Waals surface area contributed by atoms with Crippen LogP contribution in [0, 0.1) is 6.92 Å². The second kappa shape index (κ2) is 10.3. The number of nitrogens with zero attached hydrogens (tertiary/aromatic N) is 3. The number of para-hydroxylation sites is 2. The summed E-state index contributed by atoms with van der Waals surface area (Å²) in [6.07, 6.45) is 4.89. The van der Waals surface area contributed by atoms with E-state index in [1.807, 2.05) is 49.4 Å². The third-order valence-electron chi connectivity index (χ3n) is 5.93. The summed E-state index contributed by atoms with van der Waals surface area (Å²) in [5.74, 6) is 1.54. The van der Waals surface area contributed by atoms with E-state index in [1.54, 1.807) is 0 Å². The molecule has 0 fully saturated rings. The van der Waals surface area contributed by atoms with E-state index in [-0.39, 0.29) is 6.03 Å². The van der Waals surface area contributed by atoms with E-state index in [2.05, 4.69) is 33.2 Å². The van der Waals surface area contributed by atoms with Crippen LogP contribution in [0.2, 0.25) is 0 Å². The van der Waals surface area contributed by atoms with E-state index in [4.69, 9.17) is 10.7 Å². The molecule has 33 heavy (non-hydrogen) atoms. The standard InChI is InChI=1S/C26H32N6O/c1-3-4-15-22-31-23-24(19-12-6-8-14-21(19)29-25(23)27)32(22)17-10-9-16-28-26(33)30-20-13-7-5-11-18(20)2/h5-8,11-14H,3-4,9-10,15-17H2,1-2H3,(H2,27,29)(H2,28,30,33). The quantitative estimate of drug-likeness (QED) is 0.300. The molecule has 4 rings (SSSR count). The van der Waals surface area contributed by atoms with Crippen molar-refractivity contribution in [1.82, 2.24) is 19.9 Å². The molecule has 7 heteroatoms. The highest BCUT2D eigenvalue weighted by molar-refractivity contribution is 6.06. The Kier molecular flexibility index (Phi) is 7.07. The Balaban J connectivity index is 1.44. The molecule has 0 aliphatic carbocycles. The number of carbonyl (C=O) groups excluding carboxylic acids is 1. The van der Waals surface area contributed by atoms with E-state index >= 15 is 0 Å². The van der Waals surface area contributed by atoms with E-state index in [9.17, 15) is 4.79 Å². The molecule has 4 aromatic rings. The number of benzene rings is 2. The first-order valence-corrected chi connectivity index (χ1v) is 11.7. The lowest BCUT2D eigenvalue weighted by Gasteiger charge is -2.12. The van der Waals surface area contributed by atoms with Crippen molar-refractivity contribution in [3.63, 3.8) is 0 Å². The van der Waals surface area contributed by atoms with Crippen LogP contribution in [-0.4, -0.2) is 27.1 Å². The molecule has 0 bridgehead atoms. The van der Waals surface area contributed by atoms with E-state index in [0.29, 0.717) is 12.4 Å². The Morgan fingerprint density at radius 2 is 1.82 bits per heavy atom. The topological polar surface area (TPSA) is 97.9 Å². The molecule has 0 atom stereocenters. The predicted molar refractivity (Wildman–Crippen MR) is 135 cm³/mol. The molecule has 0 spiro atoms. The van der Waals surface area contributed by atoms with Crippen LogP contribution < -0.4 is 16.4 Å². The summed E-state index contributed by atoms with van der Waals surface area (Å²) in [5, 5.41) is 6.95. The summed E-state index contributed by atoms with van der Waals surface area (Å²) in [6, 6.07) is 15.7. The maximum absolute atomic E-state index is 12.2. The maximum Gasteiger partial charge on any atom is 0.319 e. The van der Waals surface area contributed by atoms with Gasteiger partial charge in [0.05, 0.1) is 11.0 Å². The Bertz CT molecular complexity index is 1260. The summed E-state index contributed by atoms with van der Waals surface area (Å²) in [6.45, 7) is 5.60. The lowest BCUT2D eigenvalue weighted by atomic mass is 10.2. The number of unbranched alkanes of at least 4 members (excludes halogenated alkanes) is 2. The number of aryl methyl sites for hydroxylation is 3. The van der Waals surface area contributed by atoms with E-state index in [1.165, 1.54) is 0 Å². The first-order chi connectivity index (χ1) is 16.1. The first kappa shape index (κ1) is 22.6. The van der Waals surface area contributed by atoms with Crippen LogP contribution in [0.4, 0.5) is 16.3 Å². The number of urea groups is 1. The van der Waals surface area contributed by atoms with E-state index in [0.717, 1.165) is 77.7 Å². The van der Waals surface area contributed by atoms with Gasteiger partial charge in [-0.2, -0.15) is 0 Å². The number of hydrogen-bond donors (Lipinski definition) is 3. The molecule has 2 amide bonds. The van der Waals surface area contributed by atoms with Crippen molar-refractivity contribution in [2.24, 2.45) is 0 Å². The van der Waals surface area contributed by atoms with Gasteiger partial charge >= 0.3 is 6.03 Å². The van der Waals surface area contributed by atoms with Crippen LogP contribution in [0.25, 0.3) is 21.9 Å². The number of anilines is 2. The highest BCUT2D eigenvalue weighted by atomic mass is 16.2. The highest BCUT2D eigenvalue weighted by Gasteiger charge is 2.16. The summed E-state index contributed by atoms with van der Waals surface area (Å²) in [5.41, 5.74) is 10.9. The number of fused-ring (bicyclic) bond motifs is 3. The zero-order chi connectivity index (χ0) is 23.2. The molecule has 2 aromatic carbocycles. The SMILES string of the molecule is CCCCc1nc2c(N)nc3ccccc3c2n1CCCCNC(=O)Nc1ccccc1C. The van der Waals surface area contributed by atoms with Gasteiger partial charge < -0.3 is 20.9 Å². The molecule has 0 aliphatic rings. The minimum absolute atomic E-state index is 0.175. The fourth-order valence-electron chi connectivity index (χ4n) is 4.15. The number of imidazole rings is 1. The average Bonchev–Trinajstić information content (AvgIpc) is 3.18. The van der Waals surface area contributed by atoms with Crippen molar-refractivity contribution < 1.29 is 4.79 Å². The van der Waals surface area contributed by atoms with Gasteiger partial charge in [-0.05, 0) is 43.9 Å². The van der Waals surface area contributed by atoms with Crippen molar-refractivity contribution >= 4 is 39.5 Å². The first-order valence-electron chi connectivity index (χ1n) is 11.7. The van der Waals surface area contributed by atoms with Crippen molar-refractivity contribution in [2.45, 2.75) is 52.5 Å². The smallest absolute Gasteiger partial charge is 0.319 e. The van der Waals surface area contributed by atoms with Crippen molar-refractivity contribution in [3.8, 4) is 0 Å². The van der Waals surface area contributed by atoms with Gasteiger partial charge in [0.1, 0.15) is 11.3 Å². The monoisotopic (exact) mass is 444 g/mol. The number of pyridine rings is 1. The summed E-state index contributed by atoms with van der Waals surface area (Å²) in [7, 11) is 0. The van der Waals surface area contributed by atoms with Gasteiger partial charge in [0.15, 0.2) is 5.82 Å². The van der Waals surface area contributed by atoms with Gasteiger partial charge in [0, 0.05) is 30.6 Å². The molecular weight excluding hydrogens is 412 g/mol. The molecule has 0 saturated heterocycles. The Morgan fingerprint density at radius 1 is 1.03 bits per heavy atom. The predicted octanol–water partition coefficient (Wildman–Crippen LogP) is 5.42. The average molecular weight is 445 g/mol. The van der Waals surface area contributed by atoms with Crippen molar-refractivity contribution in [1.29, 1.82) is 0 Å². The number of nitrogens with two attached hydrogens (primary N) is 1. The molecule has 0 unspecified atom stereocenters. The van der Waals surface area contributed by atoms with Crippen LogP contribution in [0.5, 0.6) is 0 Å². The van der Waals surface area contributed by atoms with Gasteiger partial charge in [-0.25, -0.2) is 14.8 Å². The number of nitrogens with one attached hydrogen (secondary N) is 2. The molecule has 172 valence electrons. The van der Waals surface area contributed by atoms with Crippen LogP contribution in [-0.2, 0) is 13.0 Å². The van der Waals surface area contributed by atoms with Gasteiger partial charge in [-0.15, -0.1) is 0 Å². The molecule has 0 saturated carbocycles. The fraction of sp³-hybridized carbons (Fsp3) is 0.346. The Morgan fingerprint density at radius 3 is 2.64 bits per heavy atom. The van der Waals surface area contributed by atoms with Crippen LogP contribution in [0.1, 0.15) is 44.0 Å². The lowest BCUT2D eigenvalue weighted by molar-refractivity contribution is 0.252. The van der Waals surface area contributed by atoms with E-state index < -0.39 is 0 Å². The lowest BCUT2D eigenvalue weighted by Crippen LogP contribution is -2.29. The number of rotatable bonds is 9. The normalized spacial score (nSPS) is 11.2. The number of hydrogen-bond acceptors (Lipinski definition) is 4. The molecule has 2 aromatic heterocycles. The highest BCUT2D eigenvalue weighted by Crippen LogP contribution is 2.29. The minimum Gasteiger partial charge on any atom is -0.382 e. The number of aromatic nitrogens is 3. The fourth-order valence-corrected chi connectivity index (χ4v) is 4.15.